The minimum absolute atomic E-state index is 0.0247. The highest BCUT2D eigenvalue weighted by atomic mass is 16.6. The fraction of sp³-hybridized carbons (Fsp3) is 0.242. The van der Waals surface area contributed by atoms with E-state index in [1.165, 1.54) is 13.1 Å². The van der Waals surface area contributed by atoms with Gasteiger partial charge in [-0.05, 0) is 49.1 Å². The van der Waals surface area contributed by atoms with Crippen LogP contribution in [0.15, 0.2) is 109 Å². The third kappa shape index (κ3) is 5.26. The van der Waals surface area contributed by atoms with Gasteiger partial charge in [0.25, 0.3) is 5.91 Å². The first-order chi connectivity index (χ1) is 19.2. The lowest BCUT2D eigenvalue weighted by atomic mass is 9.87. The molecule has 0 unspecified atom stereocenters. The maximum Gasteiger partial charge on any atom is 0.417 e. The molecule has 3 aromatic carbocycles. The fourth-order valence-corrected chi connectivity index (χ4v) is 5.14. The van der Waals surface area contributed by atoms with Crippen LogP contribution in [0.1, 0.15) is 49.6 Å². The van der Waals surface area contributed by atoms with Crippen molar-refractivity contribution in [2.45, 2.75) is 50.7 Å². The molecule has 0 aliphatic carbocycles. The summed E-state index contributed by atoms with van der Waals surface area (Å²) in [6.45, 7) is 5.06. The number of cyclic esters (lactones) is 1. The lowest BCUT2D eigenvalue weighted by Crippen LogP contribution is -2.54. The summed E-state index contributed by atoms with van der Waals surface area (Å²) in [5.74, 6) is -0.700. The SMILES string of the molecule is CC1(C)OC(=O)N(C(=O)[C@@](C)(OCc2ccc(-c3ccccc3)cc2)[C@@H](O)c2cccnc2)[C@H]1c1ccccc1. The van der Waals surface area contributed by atoms with Crippen LogP contribution in [0.25, 0.3) is 11.1 Å². The van der Waals surface area contributed by atoms with Crippen LogP contribution in [-0.4, -0.2) is 38.2 Å². The average Bonchev–Trinajstić information content (AvgIpc) is 3.24. The molecule has 1 saturated heterocycles. The number of amides is 2. The van der Waals surface area contributed by atoms with Gasteiger partial charge in [0, 0.05) is 18.0 Å². The molecule has 7 heteroatoms. The van der Waals surface area contributed by atoms with Crippen LogP contribution >= 0.6 is 0 Å². The van der Waals surface area contributed by atoms with Crippen molar-refractivity contribution in [1.82, 2.24) is 9.88 Å². The van der Waals surface area contributed by atoms with Crippen LogP contribution in [0.5, 0.6) is 0 Å². The number of benzene rings is 3. The number of hydrogen-bond acceptors (Lipinski definition) is 6. The topological polar surface area (TPSA) is 89.0 Å². The summed E-state index contributed by atoms with van der Waals surface area (Å²) < 4.78 is 11.9. The molecule has 1 aliphatic rings. The van der Waals surface area contributed by atoms with E-state index in [4.69, 9.17) is 9.47 Å². The molecular formula is C33H32N2O5. The second-order valence-electron chi connectivity index (χ2n) is 10.6. The average molecular weight is 537 g/mol. The summed E-state index contributed by atoms with van der Waals surface area (Å²) in [7, 11) is 0. The van der Waals surface area contributed by atoms with Crippen molar-refractivity contribution in [3.8, 4) is 11.1 Å². The van der Waals surface area contributed by atoms with Crippen molar-refractivity contribution in [1.29, 1.82) is 0 Å². The van der Waals surface area contributed by atoms with Crippen molar-refractivity contribution in [3.63, 3.8) is 0 Å². The van der Waals surface area contributed by atoms with Crippen molar-refractivity contribution in [2.75, 3.05) is 0 Å². The lowest BCUT2D eigenvalue weighted by molar-refractivity contribution is -0.175. The number of carbonyl (C=O) groups is 2. The van der Waals surface area contributed by atoms with Gasteiger partial charge in [-0.2, -0.15) is 0 Å². The number of imide groups is 1. The van der Waals surface area contributed by atoms with Gasteiger partial charge in [-0.15, -0.1) is 0 Å². The Labute approximate surface area is 234 Å². The molecule has 204 valence electrons. The number of hydrogen-bond donors (Lipinski definition) is 1. The Hall–Kier alpha value is -4.33. The first kappa shape index (κ1) is 27.2. The van der Waals surface area contributed by atoms with Gasteiger partial charge in [-0.25, -0.2) is 9.69 Å². The fourth-order valence-electron chi connectivity index (χ4n) is 5.14. The Morgan fingerprint density at radius 1 is 0.975 bits per heavy atom. The molecule has 1 fully saturated rings. The van der Waals surface area contributed by atoms with Gasteiger partial charge >= 0.3 is 6.09 Å². The smallest absolute Gasteiger partial charge is 0.417 e. The predicted octanol–water partition coefficient (Wildman–Crippen LogP) is 6.26. The van der Waals surface area contributed by atoms with E-state index in [1.807, 2.05) is 84.9 Å². The number of aromatic nitrogens is 1. The maximum absolute atomic E-state index is 14.3. The highest BCUT2D eigenvalue weighted by molar-refractivity contribution is 5.99. The molecule has 0 radical (unpaired) electrons. The standard InChI is InChI=1S/C33H32N2O5/c1-32(2)28(26-13-8-5-9-14-26)35(31(38)40-32)30(37)33(3,29(36)27-15-10-20-34-21-27)39-22-23-16-18-25(19-17-23)24-11-6-4-7-12-24/h4-21,28-29,36H,22H2,1-3H3/t28-,29-,33-/m0/s1. The van der Waals surface area contributed by atoms with Gasteiger partial charge in [0.05, 0.1) is 6.61 Å². The van der Waals surface area contributed by atoms with E-state index >= 15 is 0 Å². The molecule has 2 amide bonds. The van der Waals surface area contributed by atoms with E-state index < -0.39 is 35.3 Å². The summed E-state index contributed by atoms with van der Waals surface area (Å²) >= 11 is 0. The molecule has 40 heavy (non-hydrogen) atoms. The van der Waals surface area contributed by atoms with Crippen molar-refractivity contribution >= 4 is 12.0 Å². The maximum atomic E-state index is 14.3. The van der Waals surface area contributed by atoms with Gasteiger partial charge in [0.1, 0.15) is 17.7 Å². The lowest BCUT2D eigenvalue weighted by Gasteiger charge is -2.37. The van der Waals surface area contributed by atoms with Crippen LogP contribution in [-0.2, 0) is 20.9 Å². The van der Waals surface area contributed by atoms with Crippen molar-refractivity contribution in [3.05, 3.63) is 126 Å². The van der Waals surface area contributed by atoms with Crippen LogP contribution < -0.4 is 0 Å². The minimum Gasteiger partial charge on any atom is -0.440 e. The predicted molar refractivity (Wildman–Crippen MR) is 151 cm³/mol. The molecule has 1 aromatic heterocycles. The van der Waals surface area contributed by atoms with E-state index in [1.54, 1.807) is 32.2 Å². The number of pyridine rings is 1. The van der Waals surface area contributed by atoms with E-state index in [9.17, 15) is 14.7 Å². The zero-order valence-electron chi connectivity index (χ0n) is 22.7. The third-order valence-electron chi connectivity index (χ3n) is 7.34. The molecule has 4 aromatic rings. The number of aliphatic hydroxyl groups excluding tert-OH is 1. The van der Waals surface area contributed by atoms with Crippen LogP contribution in [0.2, 0.25) is 0 Å². The zero-order chi connectivity index (χ0) is 28.3. The molecular weight excluding hydrogens is 504 g/mol. The second kappa shape index (κ2) is 11.0. The second-order valence-corrected chi connectivity index (χ2v) is 10.6. The summed E-state index contributed by atoms with van der Waals surface area (Å²) in [6, 6.07) is 29.7. The normalized spacial score (nSPS) is 18.6. The highest BCUT2D eigenvalue weighted by Gasteiger charge is 2.57. The van der Waals surface area contributed by atoms with E-state index in [2.05, 4.69) is 4.98 Å². The van der Waals surface area contributed by atoms with Gasteiger partial charge in [0.2, 0.25) is 0 Å². The van der Waals surface area contributed by atoms with E-state index in [0.29, 0.717) is 5.56 Å². The monoisotopic (exact) mass is 536 g/mol. The molecule has 0 saturated carbocycles. The molecule has 0 bridgehead atoms. The first-order valence-corrected chi connectivity index (χ1v) is 13.2. The Balaban J connectivity index is 1.48. The molecule has 0 spiro atoms. The highest BCUT2D eigenvalue weighted by Crippen LogP contribution is 2.44. The van der Waals surface area contributed by atoms with Crippen molar-refractivity contribution < 1.29 is 24.2 Å². The van der Waals surface area contributed by atoms with Gasteiger partial charge in [-0.3, -0.25) is 9.78 Å². The Kier molecular flexibility index (Phi) is 7.52. The van der Waals surface area contributed by atoms with Gasteiger partial charge < -0.3 is 14.6 Å². The van der Waals surface area contributed by atoms with Crippen LogP contribution in [0.4, 0.5) is 4.79 Å². The van der Waals surface area contributed by atoms with E-state index in [-0.39, 0.29) is 6.61 Å². The molecule has 1 aliphatic heterocycles. The number of aliphatic hydroxyl groups is 1. The Bertz CT molecular complexity index is 1460. The Morgan fingerprint density at radius 2 is 1.60 bits per heavy atom. The van der Waals surface area contributed by atoms with Gasteiger partial charge in [0.15, 0.2) is 5.60 Å². The quantitative estimate of drug-likeness (QED) is 0.286. The first-order valence-electron chi connectivity index (χ1n) is 13.2. The third-order valence-corrected chi connectivity index (χ3v) is 7.34. The summed E-state index contributed by atoms with van der Waals surface area (Å²) in [4.78, 5) is 32.7. The van der Waals surface area contributed by atoms with Crippen LogP contribution in [0.3, 0.4) is 0 Å². The van der Waals surface area contributed by atoms with Crippen molar-refractivity contribution in [2.24, 2.45) is 0 Å². The van der Waals surface area contributed by atoms with E-state index in [0.717, 1.165) is 27.2 Å². The minimum atomic E-state index is -1.84. The summed E-state index contributed by atoms with van der Waals surface area (Å²) in [5.41, 5.74) is 1.23. The summed E-state index contributed by atoms with van der Waals surface area (Å²) in [6.07, 6.45) is 0.861. The number of carbonyl (C=O) groups excluding carboxylic acids is 2. The summed E-state index contributed by atoms with van der Waals surface area (Å²) in [5, 5.41) is 11.5. The molecule has 5 rings (SSSR count). The van der Waals surface area contributed by atoms with Gasteiger partial charge in [-0.1, -0.05) is 91.0 Å². The number of nitrogens with zero attached hydrogens (tertiary/aromatic N) is 2. The molecule has 1 N–H and O–H groups in total. The van der Waals surface area contributed by atoms with Crippen LogP contribution in [0, 0.1) is 0 Å². The zero-order valence-corrected chi connectivity index (χ0v) is 22.7. The Morgan fingerprint density at radius 3 is 2.23 bits per heavy atom. The molecule has 3 atom stereocenters. The number of ether oxygens (including phenoxy) is 2. The number of rotatable bonds is 8. The molecule has 2 heterocycles. The molecule has 7 nitrogen and oxygen atoms in total. The largest absolute Gasteiger partial charge is 0.440 e.